The standard InChI is InChI=1S/C15H19N3O5S/c1-11-2-3-12(8-13(11)18(21)22)16-14(19)9-24-10-15(20)17-4-6-23-7-5-17/h2-3,8H,4-7,9-10H2,1H3,(H,16,19). The minimum Gasteiger partial charge on any atom is -0.378 e. The van der Waals surface area contributed by atoms with Crippen LogP contribution in [0.25, 0.3) is 0 Å². The van der Waals surface area contributed by atoms with E-state index in [2.05, 4.69) is 5.32 Å². The second kappa shape index (κ2) is 8.65. The lowest BCUT2D eigenvalue weighted by molar-refractivity contribution is -0.385. The topological polar surface area (TPSA) is 102 Å². The molecule has 1 aliphatic rings. The Labute approximate surface area is 143 Å². The SMILES string of the molecule is Cc1ccc(NC(=O)CSCC(=O)N2CCOCC2)cc1[N+](=O)[O-]. The van der Waals surface area contributed by atoms with Crippen LogP contribution in [0.4, 0.5) is 11.4 Å². The van der Waals surface area contributed by atoms with Crippen LogP contribution in [-0.4, -0.2) is 59.4 Å². The van der Waals surface area contributed by atoms with Crippen LogP contribution < -0.4 is 5.32 Å². The number of nitro groups is 1. The van der Waals surface area contributed by atoms with Crippen molar-refractivity contribution in [3.8, 4) is 0 Å². The number of morpholine rings is 1. The van der Waals surface area contributed by atoms with Crippen molar-refractivity contribution in [2.24, 2.45) is 0 Å². The smallest absolute Gasteiger partial charge is 0.274 e. The van der Waals surface area contributed by atoms with Crippen LogP contribution in [0.1, 0.15) is 5.56 Å². The van der Waals surface area contributed by atoms with E-state index in [4.69, 9.17) is 4.74 Å². The molecule has 8 nitrogen and oxygen atoms in total. The Bertz CT molecular complexity index is 632. The highest BCUT2D eigenvalue weighted by molar-refractivity contribution is 8.00. The van der Waals surface area contributed by atoms with Gasteiger partial charge in [0.05, 0.1) is 29.6 Å². The second-order valence-corrected chi connectivity index (χ2v) is 6.28. The molecule has 9 heteroatoms. The first kappa shape index (κ1) is 18.2. The summed E-state index contributed by atoms with van der Waals surface area (Å²) in [5.74, 6) is 0.0224. The van der Waals surface area contributed by atoms with Crippen molar-refractivity contribution in [1.29, 1.82) is 0 Å². The maximum absolute atomic E-state index is 11.9. The third-order valence-electron chi connectivity index (χ3n) is 3.51. The minimum atomic E-state index is -0.485. The largest absolute Gasteiger partial charge is 0.378 e. The Hall–Kier alpha value is -2.13. The Kier molecular flexibility index (Phi) is 6.56. The molecule has 0 aromatic heterocycles. The molecule has 24 heavy (non-hydrogen) atoms. The number of nitro benzene ring substituents is 1. The molecule has 0 radical (unpaired) electrons. The quantitative estimate of drug-likeness (QED) is 0.613. The number of thioether (sulfide) groups is 1. The lowest BCUT2D eigenvalue weighted by Gasteiger charge is -2.26. The summed E-state index contributed by atoms with van der Waals surface area (Å²) in [5, 5.41) is 13.5. The molecule has 2 amide bonds. The van der Waals surface area contributed by atoms with Gasteiger partial charge in [-0.1, -0.05) is 6.07 Å². The predicted octanol–water partition coefficient (Wildman–Crippen LogP) is 1.43. The van der Waals surface area contributed by atoms with Gasteiger partial charge >= 0.3 is 0 Å². The van der Waals surface area contributed by atoms with E-state index in [1.165, 1.54) is 17.8 Å². The normalized spacial score (nSPS) is 14.3. The third kappa shape index (κ3) is 5.20. The average Bonchev–Trinajstić information content (AvgIpc) is 2.57. The molecule has 0 aliphatic carbocycles. The van der Waals surface area contributed by atoms with E-state index in [0.717, 1.165) is 0 Å². The molecule has 1 saturated heterocycles. The van der Waals surface area contributed by atoms with Gasteiger partial charge in [-0.3, -0.25) is 19.7 Å². The number of nitrogens with one attached hydrogen (secondary N) is 1. The van der Waals surface area contributed by atoms with Crippen LogP contribution in [0.15, 0.2) is 18.2 Å². The summed E-state index contributed by atoms with van der Waals surface area (Å²) in [4.78, 5) is 36.0. The zero-order valence-electron chi connectivity index (χ0n) is 13.3. The van der Waals surface area contributed by atoms with Gasteiger partial charge in [-0.15, -0.1) is 11.8 Å². The summed E-state index contributed by atoms with van der Waals surface area (Å²) >= 11 is 1.22. The second-order valence-electron chi connectivity index (χ2n) is 5.29. The minimum absolute atomic E-state index is 0.0120. The highest BCUT2D eigenvalue weighted by Crippen LogP contribution is 2.22. The summed E-state index contributed by atoms with van der Waals surface area (Å²) in [6, 6.07) is 4.53. The van der Waals surface area contributed by atoms with E-state index >= 15 is 0 Å². The van der Waals surface area contributed by atoms with Crippen molar-refractivity contribution in [3.63, 3.8) is 0 Å². The predicted molar refractivity (Wildman–Crippen MR) is 91.2 cm³/mol. The summed E-state index contributed by atoms with van der Waals surface area (Å²) < 4.78 is 5.18. The van der Waals surface area contributed by atoms with Crippen molar-refractivity contribution in [3.05, 3.63) is 33.9 Å². The van der Waals surface area contributed by atoms with Gasteiger partial charge in [0.15, 0.2) is 0 Å². The average molecular weight is 353 g/mol. The van der Waals surface area contributed by atoms with Crippen LogP contribution in [0.3, 0.4) is 0 Å². The van der Waals surface area contributed by atoms with E-state index in [9.17, 15) is 19.7 Å². The molecule has 0 saturated carbocycles. The molecule has 130 valence electrons. The molecule has 1 aliphatic heterocycles. The zero-order chi connectivity index (χ0) is 17.5. The van der Waals surface area contributed by atoms with Crippen LogP contribution in [-0.2, 0) is 14.3 Å². The van der Waals surface area contributed by atoms with Crippen molar-refractivity contribution in [1.82, 2.24) is 4.90 Å². The van der Waals surface area contributed by atoms with E-state index in [1.54, 1.807) is 24.0 Å². The number of hydrogen-bond donors (Lipinski definition) is 1. The van der Waals surface area contributed by atoms with Crippen LogP contribution >= 0.6 is 11.8 Å². The van der Waals surface area contributed by atoms with Crippen molar-refractivity contribution in [2.45, 2.75) is 6.92 Å². The fourth-order valence-corrected chi connectivity index (χ4v) is 2.93. The molecular weight excluding hydrogens is 334 g/mol. The monoisotopic (exact) mass is 353 g/mol. The fraction of sp³-hybridized carbons (Fsp3) is 0.467. The van der Waals surface area contributed by atoms with Gasteiger partial charge in [0.2, 0.25) is 11.8 Å². The number of nitrogens with zero attached hydrogens (tertiary/aromatic N) is 2. The molecule has 0 atom stereocenters. The van der Waals surface area contributed by atoms with Gasteiger partial charge < -0.3 is 15.0 Å². The fourth-order valence-electron chi connectivity index (χ4n) is 2.22. The van der Waals surface area contributed by atoms with Gasteiger partial charge in [-0.2, -0.15) is 0 Å². The molecule has 1 fully saturated rings. The summed E-state index contributed by atoms with van der Waals surface area (Å²) in [5.41, 5.74) is 0.865. The number of anilines is 1. The van der Waals surface area contributed by atoms with Gasteiger partial charge in [-0.25, -0.2) is 0 Å². The third-order valence-corrected chi connectivity index (χ3v) is 4.43. The summed E-state index contributed by atoms with van der Waals surface area (Å²) in [7, 11) is 0. The van der Waals surface area contributed by atoms with Crippen LogP contribution in [0.5, 0.6) is 0 Å². The molecule has 0 unspecified atom stereocenters. The number of hydrogen-bond acceptors (Lipinski definition) is 6. The van der Waals surface area contributed by atoms with Crippen molar-refractivity contribution in [2.75, 3.05) is 43.1 Å². The first-order chi connectivity index (χ1) is 11.5. The molecule has 1 N–H and O–H groups in total. The molecular formula is C15H19N3O5S. The molecule has 1 heterocycles. The van der Waals surface area contributed by atoms with E-state index in [-0.39, 0.29) is 29.0 Å². The van der Waals surface area contributed by atoms with Crippen molar-refractivity contribution < 1.29 is 19.2 Å². The molecule has 0 bridgehead atoms. The highest BCUT2D eigenvalue weighted by Gasteiger charge is 2.17. The lowest BCUT2D eigenvalue weighted by atomic mass is 10.2. The maximum atomic E-state index is 11.9. The molecule has 2 rings (SSSR count). The number of ether oxygens (including phenoxy) is 1. The Morgan fingerprint density at radius 1 is 1.33 bits per heavy atom. The van der Waals surface area contributed by atoms with Crippen LogP contribution in [0, 0.1) is 17.0 Å². The lowest BCUT2D eigenvalue weighted by Crippen LogP contribution is -2.41. The van der Waals surface area contributed by atoms with Crippen LogP contribution in [0.2, 0.25) is 0 Å². The van der Waals surface area contributed by atoms with E-state index in [0.29, 0.717) is 37.6 Å². The highest BCUT2D eigenvalue weighted by atomic mass is 32.2. The van der Waals surface area contributed by atoms with Crippen molar-refractivity contribution >= 4 is 35.0 Å². The van der Waals surface area contributed by atoms with Gasteiger partial charge in [0.1, 0.15) is 0 Å². The Balaban J connectivity index is 1.78. The molecule has 1 aromatic rings. The number of carbonyl (C=O) groups excluding carboxylic acids is 2. The first-order valence-corrected chi connectivity index (χ1v) is 8.61. The molecule has 1 aromatic carbocycles. The summed E-state index contributed by atoms with van der Waals surface area (Å²) in [6.07, 6.45) is 0. The number of aryl methyl sites for hydroxylation is 1. The zero-order valence-corrected chi connectivity index (χ0v) is 14.1. The number of amides is 2. The number of rotatable bonds is 6. The van der Waals surface area contributed by atoms with Gasteiger partial charge in [-0.05, 0) is 13.0 Å². The van der Waals surface area contributed by atoms with E-state index in [1.807, 2.05) is 0 Å². The number of carbonyl (C=O) groups is 2. The van der Waals surface area contributed by atoms with Gasteiger partial charge in [0.25, 0.3) is 5.69 Å². The van der Waals surface area contributed by atoms with Gasteiger partial charge in [0, 0.05) is 30.4 Å². The Morgan fingerprint density at radius 2 is 2.04 bits per heavy atom. The van der Waals surface area contributed by atoms with E-state index < -0.39 is 4.92 Å². The summed E-state index contributed by atoms with van der Waals surface area (Å²) in [6.45, 7) is 3.89. The first-order valence-electron chi connectivity index (χ1n) is 7.45. The maximum Gasteiger partial charge on any atom is 0.274 e. The Morgan fingerprint density at radius 3 is 2.71 bits per heavy atom. The number of benzene rings is 1. The molecule has 0 spiro atoms.